The van der Waals surface area contributed by atoms with Gasteiger partial charge in [-0.05, 0) is 43.5 Å². The molecule has 0 aromatic heterocycles. The van der Waals surface area contributed by atoms with Crippen molar-refractivity contribution in [1.82, 2.24) is 5.32 Å². The summed E-state index contributed by atoms with van der Waals surface area (Å²) in [7, 11) is 0. The Bertz CT molecular complexity index is 315. The highest BCUT2D eigenvalue weighted by Gasteiger charge is 1.99. The number of halogens is 2. The molecule has 0 amide bonds. The predicted molar refractivity (Wildman–Crippen MR) is 75.5 cm³/mol. The maximum atomic E-state index is 6.15. The van der Waals surface area contributed by atoms with Gasteiger partial charge in [0.25, 0.3) is 0 Å². The summed E-state index contributed by atoms with van der Waals surface area (Å²) in [5, 5.41) is 5.40. The van der Waals surface area contributed by atoms with Crippen molar-refractivity contribution in [2.45, 2.75) is 32.7 Å². The zero-order valence-corrected chi connectivity index (χ0v) is 12.1. The summed E-state index contributed by atoms with van der Waals surface area (Å²) >= 11 is 9.58. The summed E-state index contributed by atoms with van der Waals surface area (Å²) in [5.41, 5.74) is 2.40. The molecule has 1 N–H and O–H groups in total. The van der Waals surface area contributed by atoms with E-state index in [0.29, 0.717) is 0 Å². The molecule has 3 heteroatoms. The van der Waals surface area contributed by atoms with Crippen LogP contribution >= 0.6 is 27.5 Å². The molecule has 1 aromatic rings. The number of aryl methyl sites for hydroxylation is 1. The van der Waals surface area contributed by atoms with Crippen LogP contribution in [0, 0.1) is 6.92 Å². The molecule has 90 valence electrons. The molecular formula is C13H19BrClN. The fourth-order valence-corrected chi connectivity index (χ4v) is 2.24. The molecule has 0 heterocycles. The molecular weight excluding hydrogens is 286 g/mol. The number of benzene rings is 1. The SMILES string of the molecule is Cc1ccc(CNCCCCCBr)c(Cl)c1. The van der Waals surface area contributed by atoms with Crippen molar-refractivity contribution in [3.8, 4) is 0 Å². The van der Waals surface area contributed by atoms with Crippen LogP contribution in [0.5, 0.6) is 0 Å². The molecule has 0 spiro atoms. The van der Waals surface area contributed by atoms with Gasteiger partial charge in [0, 0.05) is 16.9 Å². The number of hydrogen-bond donors (Lipinski definition) is 1. The lowest BCUT2D eigenvalue weighted by molar-refractivity contribution is 0.619. The Morgan fingerprint density at radius 2 is 2.06 bits per heavy atom. The minimum absolute atomic E-state index is 0.868. The summed E-state index contributed by atoms with van der Waals surface area (Å²) in [6.07, 6.45) is 3.77. The number of nitrogens with one attached hydrogen (secondary N) is 1. The number of rotatable bonds is 7. The van der Waals surface area contributed by atoms with Gasteiger partial charge in [-0.2, -0.15) is 0 Å². The second-order valence-electron chi connectivity index (χ2n) is 4.02. The molecule has 0 unspecified atom stereocenters. The third-order valence-electron chi connectivity index (χ3n) is 2.51. The maximum absolute atomic E-state index is 6.15. The van der Waals surface area contributed by atoms with Gasteiger partial charge in [0.1, 0.15) is 0 Å². The van der Waals surface area contributed by atoms with Gasteiger partial charge in [-0.1, -0.05) is 46.1 Å². The fourth-order valence-electron chi connectivity index (χ4n) is 1.54. The molecule has 0 aliphatic heterocycles. The summed E-state index contributed by atoms with van der Waals surface area (Å²) in [4.78, 5) is 0. The summed E-state index contributed by atoms with van der Waals surface area (Å²) in [5.74, 6) is 0. The Balaban J connectivity index is 2.21. The Morgan fingerprint density at radius 3 is 2.75 bits per heavy atom. The van der Waals surface area contributed by atoms with Crippen molar-refractivity contribution in [3.63, 3.8) is 0 Å². The quantitative estimate of drug-likeness (QED) is 0.585. The van der Waals surface area contributed by atoms with Gasteiger partial charge < -0.3 is 5.32 Å². The molecule has 16 heavy (non-hydrogen) atoms. The first-order valence-corrected chi connectivity index (χ1v) is 7.25. The standard InChI is InChI=1S/C13H19BrClN/c1-11-5-6-12(13(15)9-11)10-16-8-4-2-3-7-14/h5-6,9,16H,2-4,7-8,10H2,1H3. The van der Waals surface area contributed by atoms with E-state index in [1.54, 1.807) is 0 Å². The molecule has 0 saturated carbocycles. The van der Waals surface area contributed by atoms with E-state index in [2.05, 4.69) is 40.3 Å². The van der Waals surface area contributed by atoms with Crippen LogP contribution in [0.25, 0.3) is 0 Å². The summed E-state index contributed by atoms with van der Waals surface area (Å²) in [6.45, 7) is 3.99. The largest absolute Gasteiger partial charge is 0.313 e. The van der Waals surface area contributed by atoms with E-state index in [4.69, 9.17) is 11.6 Å². The molecule has 0 saturated heterocycles. The molecule has 1 rings (SSSR count). The van der Waals surface area contributed by atoms with Crippen LogP contribution in [-0.2, 0) is 6.54 Å². The van der Waals surface area contributed by atoms with Crippen LogP contribution in [0.4, 0.5) is 0 Å². The summed E-state index contributed by atoms with van der Waals surface area (Å²) in [6, 6.07) is 6.22. The van der Waals surface area contributed by atoms with Crippen molar-refractivity contribution in [3.05, 3.63) is 34.3 Å². The topological polar surface area (TPSA) is 12.0 Å². The van der Waals surface area contributed by atoms with Crippen LogP contribution in [0.2, 0.25) is 5.02 Å². The third-order valence-corrected chi connectivity index (χ3v) is 3.42. The van der Waals surface area contributed by atoms with E-state index in [-0.39, 0.29) is 0 Å². The predicted octanol–water partition coefficient (Wildman–Crippen LogP) is 4.30. The third kappa shape index (κ3) is 5.33. The first kappa shape index (κ1) is 14.0. The van der Waals surface area contributed by atoms with E-state index < -0.39 is 0 Å². The van der Waals surface area contributed by atoms with Crippen molar-refractivity contribution >= 4 is 27.5 Å². The highest BCUT2D eigenvalue weighted by Crippen LogP contribution is 2.17. The van der Waals surface area contributed by atoms with Gasteiger partial charge in [-0.3, -0.25) is 0 Å². The lowest BCUT2D eigenvalue weighted by Crippen LogP contribution is -2.14. The average molecular weight is 305 g/mol. The molecule has 0 aliphatic rings. The van der Waals surface area contributed by atoms with Crippen LogP contribution in [0.3, 0.4) is 0 Å². The average Bonchev–Trinajstić information content (AvgIpc) is 2.26. The van der Waals surface area contributed by atoms with Crippen LogP contribution < -0.4 is 5.32 Å². The lowest BCUT2D eigenvalue weighted by Gasteiger charge is -2.07. The van der Waals surface area contributed by atoms with Gasteiger partial charge in [0.2, 0.25) is 0 Å². The van der Waals surface area contributed by atoms with Gasteiger partial charge in [-0.15, -0.1) is 0 Å². The monoisotopic (exact) mass is 303 g/mol. The molecule has 0 bridgehead atoms. The van der Waals surface area contributed by atoms with Gasteiger partial charge in [0.15, 0.2) is 0 Å². The fraction of sp³-hybridized carbons (Fsp3) is 0.538. The number of hydrogen-bond acceptors (Lipinski definition) is 1. The van der Waals surface area contributed by atoms with Gasteiger partial charge in [0.05, 0.1) is 0 Å². The Labute approximate surface area is 112 Å². The van der Waals surface area contributed by atoms with Crippen molar-refractivity contribution in [2.24, 2.45) is 0 Å². The molecule has 0 aliphatic carbocycles. The Hall–Kier alpha value is -0.0500. The van der Waals surface area contributed by atoms with Crippen molar-refractivity contribution < 1.29 is 0 Å². The molecule has 0 atom stereocenters. The van der Waals surface area contributed by atoms with Gasteiger partial charge >= 0.3 is 0 Å². The minimum Gasteiger partial charge on any atom is -0.313 e. The minimum atomic E-state index is 0.868. The molecule has 0 fully saturated rings. The number of alkyl halides is 1. The van der Waals surface area contributed by atoms with Crippen LogP contribution in [0.1, 0.15) is 30.4 Å². The second kappa shape index (κ2) is 8.10. The van der Waals surface area contributed by atoms with E-state index in [0.717, 1.165) is 23.4 Å². The van der Waals surface area contributed by atoms with E-state index in [1.165, 1.54) is 30.4 Å². The Kier molecular flexibility index (Phi) is 7.10. The highest BCUT2D eigenvalue weighted by molar-refractivity contribution is 9.09. The first-order valence-electron chi connectivity index (χ1n) is 5.75. The van der Waals surface area contributed by atoms with Gasteiger partial charge in [-0.25, -0.2) is 0 Å². The van der Waals surface area contributed by atoms with Crippen LogP contribution in [0.15, 0.2) is 18.2 Å². The van der Waals surface area contributed by atoms with Crippen molar-refractivity contribution in [1.29, 1.82) is 0 Å². The molecule has 1 nitrogen and oxygen atoms in total. The zero-order chi connectivity index (χ0) is 11.8. The highest BCUT2D eigenvalue weighted by atomic mass is 79.9. The maximum Gasteiger partial charge on any atom is 0.0453 e. The smallest absolute Gasteiger partial charge is 0.0453 e. The molecule has 1 aromatic carbocycles. The first-order chi connectivity index (χ1) is 7.74. The second-order valence-corrected chi connectivity index (χ2v) is 5.22. The van der Waals surface area contributed by atoms with E-state index >= 15 is 0 Å². The molecule has 0 radical (unpaired) electrons. The van der Waals surface area contributed by atoms with E-state index in [9.17, 15) is 0 Å². The normalized spacial score (nSPS) is 10.7. The Morgan fingerprint density at radius 1 is 1.25 bits per heavy atom. The van der Waals surface area contributed by atoms with Crippen LogP contribution in [-0.4, -0.2) is 11.9 Å². The lowest BCUT2D eigenvalue weighted by atomic mass is 10.1. The summed E-state index contributed by atoms with van der Waals surface area (Å²) < 4.78 is 0. The van der Waals surface area contributed by atoms with E-state index in [1.807, 2.05) is 6.07 Å². The zero-order valence-electron chi connectivity index (χ0n) is 9.73. The van der Waals surface area contributed by atoms with Crippen molar-refractivity contribution in [2.75, 3.05) is 11.9 Å². The number of unbranched alkanes of at least 4 members (excludes halogenated alkanes) is 2.